The number of amides is 1. The van der Waals surface area contributed by atoms with Gasteiger partial charge in [0.25, 0.3) is 0 Å². The highest BCUT2D eigenvalue weighted by atomic mass is 35.5. The molecule has 0 saturated carbocycles. The van der Waals surface area contributed by atoms with Gasteiger partial charge in [-0.15, -0.1) is 0 Å². The van der Waals surface area contributed by atoms with Gasteiger partial charge in [-0.05, 0) is 18.6 Å². The van der Waals surface area contributed by atoms with Crippen LogP contribution in [0.2, 0.25) is 10.0 Å². The molecule has 1 rings (SSSR count). The second kappa shape index (κ2) is 6.10. The summed E-state index contributed by atoms with van der Waals surface area (Å²) in [5.74, 6) is 0. The number of ether oxygens (including phenoxy) is 1. The number of primary amides is 1. The van der Waals surface area contributed by atoms with Crippen molar-refractivity contribution in [1.82, 2.24) is 0 Å². The molecule has 0 aliphatic rings. The molecule has 2 atom stereocenters. The Morgan fingerprint density at radius 1 is 1.53 bits per heavy atom. The Bertz CT molecular complexity index is 412. The number of rotatable bonds is 4. The SMILES string of the molecule is CC[C@H](O)C(OC(N)=O)c1ccc(Cl)cc1Cl. The van der Waals surface area contributed by atoms with Gasteiger partial charge in [0.05, 0.1) is 6.10 Å². The van der Waals surface area contributed by atoms with E-state index >= 15 is 0 Å². The van der Waals surface area contributed by atoms with E-state index in [1.807, 2.05) is 0 Å². The van der Waals surface area contributed by atoms with Crippen molar-refractivity contribution < 1.29 is 14.6 Å². The number of halogens is 2. The van der Waals surface area contributed by atoms with Gasteiger partial charge in [-0.2, -0.15) is 0 Å². The average Bonchev–Trinajstić information content (AvgIpc) is 2.25. The van der Waals surface area contributed by atoms with E-state index in [0.29, 0.717) is 22.0 Å². The molecule has 0 heterocycles. The van der Waals surface area contributed by atoms with Crippen LogP contribution in [0.4, 0.5) is 4.79 Å². The minimum atomic E-state index is -0.964. The first-order valence-corrected chi connectivity index (χ1v) is 5.80. The monoisotopic (exact) mass is 277 g/mol. The number of benzene rings is 1. The molecular weight excluding hydrogens is 265 g/mol. The number of carbonyl (C=O) groups is 1. The van der Waals surface area contributed by atoms with Crippen LogP contribution in [0.1, 0.15) is 25.0 Å². The predicted molar refractivity (Wildman–Crippen MR) is 66.2 cm³/mol. The summed E-state index contributed by atoms with van der Waals surface area (Å²) >= 11 is 11.7. The van der Waals surface area contributed by atoms with Crippen LogP contribution in [0.25, 0.3) is 0 Å². The zero-order chi connectivity index (χ0) is 13.0. The van der Waals surface area contributed by atoms with Gasteiger partial charge >= 0.3 is 6.09 Å². The van der Waals surface area contributed by atoms with Gasteiger partial charge in [-0.25, -0.2) is 4.79 Å². The highest BCUT2D eigenvalue weighted by Crippen LogP contribution is 2.31. The van der Waals surface area contributed by atoms with Crippen molar-refractivity contribution in [3.05, 3.63) is 33.8 Å². The average molecular weight is 278 g/mol. The lowest BCUT2D eigenvalue weighted by molar-refractivity contribution is 0.00341. The van der Waals surface area contributed by atoms with Crippen molar-refractivity contribution in [2.24, 2.45) is 5.73 Å². The lowest BCUT2D eigenvalue weighted by atomic mass is 10.0. The van der Waals surface area contributed by atoms with Crippen LogP contribution in [0.3, 0.4) is 0 Å². The zero-order valence-electron chi connectivity index (χ0n) is 9.19. The third kappa shape index (κ3) is 3.77. The van der Waals surface area contributed by atoms with Crippen molar-refractivity contribution in [3.63, 3.8) is 0 Å². The lowest BCUT2D eigenvalue weighted by Crippen LogP contribution is -2.26. The van der Waals surface area contributed by atoms with E-state index in [2.05, 4.69) is 0 Å². The van der Waals surface area contributed by atoms with Crippen LogP contribution < -0.4 is 5.73 Å². The molecule has 1 aromatic rings. The van der Waals surface area contributed by atoms with E-state index in [4.69, 9.17) is 33.7 Å². The van der Waals surface area contributed by atoms with Crippen molar-refractivity contribution in [2.45, 2.75) is 25.6 Å². The molecule has 4 nitrogen and oxygen atoms in total. The molecule has 1 amide bonds. The first kappa shape index (κ1) is 14.1. The maximum atomic E-state index is 10.8. The normalized spacial score (nSPS) is 14.1. The Labute approximate surface area is 109 Å². The topological polar surface area (TPSA) is 72.6 Å². The summed E-state index contributed by atoms with van der Waals surface area (Å²) in [6, 6.07) is 4.71. The molecule has 94 valence electrons. The number of hydrogen-bond acceptors (Lipinski definition) is 3. The number of carbonyl (C=O) groups excluding carboxylic acids is 1. The quantitative estimate of drug-likeness (QED) is 0.889. The Morgan fingerprint density at radius 2 is 2.18 bits per heavy atom. The van der Waals surface area contributed by atoms with Gasteiger partial charge < -0.3 is 15.6 Å². The molecule has 0 aliphatic carbocycles. The van der Waals surface area contributed by atoms with Gasteiger partial charge in [0.1, 0.15) is 0 Å². The summed E-state index contributed by atoms with van der Waals surface area (Å²) in [5, 5.41) is 10.6. The summed E-state index contributed by atoms with van der Waals surface area (Å²) in [5.41, 5.74) is 5.44. The molecule has 0 saturated heterocycles. The molecule has 6 heteroatoms. The van der Waals surface area contributed by atoms with Gasteiger partial charge in [0.2, 0.25) is 0 Å². The number of nitrogens with two attached hydrogens (primary N) is 1. The van der Waals surface area contributed by atoms with Crippen LogP contribution in [-0.2, 0) is 4.74 Å². The summed E-state index contributed by atoms with van der Waals surface area (Å²) in [6.45, 7) is 1.76. The molecule has 1 unspecified atom stereocenters. The Kier molecular flexibility index (Phi) is 5.05. The van der Waals surface area contributed by atoms with Crippen LogP contribution >= 0.6 is 23.2 Å². The van der Waals surface area contributed by atoms with E-state index < -0.39 is 18.3 Å². The van der Waals surface area contributed by atoms with Gasteiger partial charge in [-0.1, -0.05) is 36.2 Å². The summed E-state index contributed by atoms with van der Waals surface area (Å²) < 4.78 is 4.87. The molecule has 0 aromatic heterocycles. The van der Waals surface area contributed by atoms with Gasteiger partial charge in [0.15, 0.2) is 6.10 Å². The smallest absolute Gasteiger partial charge is 0.405 e. The van der Waals surface area contributed by atoms with Gasteiger partial charge in [-0.3, -0.25) is 0 Å². The maximum Gasteiger partial charge on any atom is 0.405 e. The molecule has 0 bridgehead atoms. The Hall–Kier alpha value is -0.970. The molecule has 3 N–H and O–H groups in total. The van der Waals surface area contributed by atoms with Crippen LogP contribution in [0.15, 0.2) is 18.2 Å². The third-order valence-corrected chi connectivity index (χ3v) is 2.84. The maximum absolute atomic E-state index is 10.8. The minimum absolute atomic E-state index is 0.316. The molecular formula is C11H13Cl2NO3. The number of aliphatic hydroxyl groups excluding tert-OH is 1. The first-order valence-electron chi connectivity index (χ1n) is 5.04. The van der Waals surface area contributed by atoms with E-state index in [9.17, 15) is 9.90 Å². The highest BCUT2D eigenvalue weighted by Gasteiger charge is 2.25. The zero-order valence-corrected chi connectivity index (χ0v) is 10.7. The molecule has 17 heavy (non-hydrogen) atoms. The largest absolute Gasteiger partial charge is 0.439 e. The van der Waals surface area contributed by atoms with Crippen LogP contribution in [0, 0.1) is 0 Å². The Balaban J connectivity index is 3.07. The van der Waals surface area contributed by atoms with Crippen LogP contribution in [-0.4, -0.2) is 17.3 Å². The van der Waals surface area contributed by atoms with Gasteiger partial charge in [0, 0.05) is 15.6 Å². The Morgan fingerprint density at radius 3 is 2.65 bits per heavy atom. The summed E-state index contributed by atoms with van der Waals surface area (Å²) in [7, 11) is 0. The molecule has 1 aromatic carbocycles. The number of aliphatic hydroxyl groups is 1. The fourth-order valence-electron chi connectivity index (χ4n) is 1.42. The first-order chi connectivity index (χ1) is 7.95. The van der Waals surface area contributed by atoms with E-state index in [-0.39, 0.29) is 0 Å². The second-order valence-electron chi connectivity index (χ2n) is 3.50. The van der Waals surface area contributed by atoms with E-state index in [1.165, 1.54) is 6.07 Å². The highest BCUT2D eigenvalue weighted by molar-refractivity contribution is 6.35. The lowest BCUT2D eigenvalue weighted by Gasteiger charge is -2.22. The standard InChI is InChI=1S/C11H13Cl2NO3/c1-2-9(15)10(17-11(14)16)7-4-3-6(12)5-8(7)13/h3-5,9-10,15H,2H2,1H3,(H2,14,16)/t9-,10?/m0/s1. The van der Waals surface area contributed by atoms with Crippen molar-refractivity contribution in [3.8, 4) is 0 Å². The number of hydrogen-bond donors (Lipinski definition) is 2. The van der Waals surface area contributed by atoms with E-state index in [0.717, 1.165) is 0 Å². The van der Waals surface area contributed by atoms with Crippen molar-refractivity contribution in [2.75, 3.05) is 0 Å². The summed E-state index contributed by atoms with van der Waals surface area (Å²) in [6.07, 6.45) is -2.33. The molecule has 0 fully saturated rings. The predicted octanol–water partition coefficient (Wildman–Crippen LogP) is 2.90. The fourth-order valence-corrected chi connectivity index (χ4v) is 1.94. The van der Waals surface area contributed by atoms with E-state index in [1.54, 1.807) is 19.1 Å². The molecule has 0 aliphatic heterocycles. The van der Waals surface area contributed by atoms with Crippen molar-refractivity contribution in [1.29, 1.82) is 0 Å². The summed E-state index contributed by atoms with van der Waals surface area (Å²) in [4.78, 5) is 10.8. The molecule has 0 radical (unpaired) electrons. The van der Waals surface area contributed by atoms with Crippen LogP contribution in [0.5, 0.6) is 0 Å². The fraction of sp³-hybridized carbons (Fsp3) is 0.364. The molecule has 0 spiro atoms. The third-order valence-electron chi connectivity index (χ3n) is 2.28. The van der Waals surface area contributed by atoms with Crippen molar-refractivity contribution >= 4 is 29.3 Å². The second-order valence-corrected chi connectivity index (χ2v) is 4.34. The minimum Gasteiger partial charge on any atom is -0.439 e.